The Morgan fingerprint density at radius 1 is 1.36 bits per heavy atom. The lowest BCUT2D eigenvalue weighted by Gasteiger charge is -2.13. The third kappa shape index (κ3) is 1.75. The van der Waals surface area contributed by atoms with Crippen molar-refractivity contribution >= 4 is 0 Å². The zero-order chi connectivity index (χ0) is 10.1. The van der Waals surface area contributed by atoms with Crippen molar-refractivity contribution < 1.29 is 4.74 Å². The van der Waals surface area contributed by atoms with Crippen molar-refractivity contribution in [3.05, 3.63) is 29.3 Å². The quantitative estimate of drug-likeness (QED) is 0.775. The summed E-state index contributed by atoms with van der Waals surface area (Å²) in [6.07, 6.45) is 2.18. The number of hydrogen-bond acceptors (Lipinski definition) is 2. The Hall–Kier alpha value is -1.02. The summed E-state index contributed by atoms with van der Waals surface area (Å²) in [5, 5.41) is 0. The molecule has 14 heavy (non-hydrogen) atoms. The van der Waals surface area contributed by atoms with E-state index in [1.165, 1.54) is 11.1 Å². The molecule has 0 aromatic heterocycles. The van der Waals surface area contributed by atoms with E-state index in [1.54, 1.807) is 0 Å². The molecule has 0 radical (unpaired) electrons. The van der Waals surface area contributed by atoms with E-state index in [-0.39, 0.29) is 12.1 Å². The van der Waals surface area contributed by atoms with Crippen molar-refractivity contribution in [1.82, 2.24) is 0 Å². The van der Waals surface area contributed by atoms with Crippen LogP contribution in [0.1, 0.15) is 25.0 Å². The molecule has 0 saturated carbocycles. The Morgan fingerprint density at radius 3 is 2.86 bits per heavy atom. The first-order valence-electron chi connectivity index (χ1n) is 5.20. The Kier molecular flexibility index (Phi) is 2.46. The molecule has 2 nitrogen and oxygen atoms in total. The fourth-order valence-electron chi connectivity index (χ4n) is 2.02. The van der Waals surface area contributed by atoms with E-state index in [4.69, 9.17) is 10.5 Å². The second-order valence-corrected chi connectivity index (χ2v) is 4.23. The average Bonchev–Trinajstić information content (AvgIpc) is 2.45. The summed E-state index contributed by atoms with van der Waals surface area (Å²) in [6, 6.07) is 6.52. The van der Waals surface area contributed by atoms with Crippen LogP contribution in [-0.2, 0) is 12.8 Å². The van der Waals surface area contributed by atoms with Crippen molar-refractivity contribution in [2.24, 2.45) is 5.73 Å². The summed E-state index contributed by atoms with van der Waals surface area (Å²) in [5.41, 5.74) is 8.60. The van der Waals surface area contributed by atoms with Crippen LogP contribution in [0.3, 0.4) is 0 Å². The smallest absolute Gasteiger partial charge is 0.123 e. The zero-order valence-corrected chi connectivity index (χ0v) is 8.79. The Labute approximate surface area is 85.1 Å². The first-order chi connectivity index (χ1) is 6.66. The fraction of sp³-hybridized carbons (Fsp3) is 0.500. The van der Waals surface area contributed by atoms with Crippen LogP contribution >= 0.6 is 0 Å². The number of ether oxygens (including phenoxy) is 1. The molecule has 2 N–H and O–H groups in total. The largest absolute Gasteiger partial charge is 0.491 e. The Morgan fingerprint density at radius 2 is 2.14 bits per heavy atom. The molecule has 76 valence electrons. The van der Waals surface area contributed by atoms with Gasteiger partial charge in [0.05, 0.1) is 6.10 Å². The second-order valence-electron chi connectivity index (χ2n) is 4.23. The lowest BCUT2D eigenvalue weighted by atomic mass is 10.1. The number of hydrogen-bond donors (Lipinski definition) is 1. The van der Waals surface area contributed by atoms with Gasteiger partial charge in [-0.3, -0.25) is 0 Å². The van der Waals surface area contributed by atoms with Crippen molar-refractivity contribution in [3.63, 3.8) is 0 Å². The predicted octanol–water partition coefficient (Wildman–Crippen LogP) is 1.90. The van der Waals surface area contributed by atoms with Crippen molar-refractivity contribution in [2.75, 3.05) is 0 Å². The van der Waals surface area contributed by atoms with E-state index in [9.17, 15) is 0 Å². The molecule has 1 aromatic rings. The summed E-state index contributed by atoms with van der Waals surface area (Å²) < 4.78 is 5.75. The molecule has 0 heterocycles. The first kappa shape index (κ1) is 9.53. The van der Waals surface area contributed by atoms with Crippen LogP contribution in [0.15, 0.2) is 18.2 Å². The van der Waals surface area contributed by atoms with Gasteiger partial charge in [0.1, 0.15) is 5.75 Å². The highest BCUT2D eigenvalue weighted by molar-refractivity contribution is 5.44. The standard InChI is InChI=1S/C12H17NO/c1-8(2)14-12-5-3-4-9-6-10(13)7-11(9)12/h3-5,8,10H,6-7,13H2,1-2H3. The van der Waals surface area contributed by atoms with Crippen molar-refractivity contribution in [2.45, 2.75) is 38.8 Å². The average molecular weight is 191 g/mol. The van der Waals surface area contributed by atoms with Gasteiger partial charge < -0.3 is 10.5 Å². The lowest BCUT2D eigenvalue weighted by Crippen LogP contribution is -2.19. The minimum atomic E-state index is 0.235. The highest BCUT2D eigenvalue weighted by atomic mass is 16.5. The molecule has 1 aliphatic carbocycles. The van der Waals surface area contributed by atoms with E-state index in [0.717, 1.165) is 18.6 Å². The van der Waals surface area contributed by atoms with Gasteiger partial charge in [-0.25, -0.2) is 0 Å². The highest BCUT2D eigenvalue weighted by Gasteiger charge is 2.21. The minimum Gasteiger partial charge on any atom is -0.491 e. The minimum absolute atomic E-state index is 0.235. The summed E-state index contributed by atoms with van der Waals surface area (Å²) in [5.74, 6) is 1.02. The second kappa shape index (κ2) is 3.62. The molecular weight excluding hydrogens is 174 g/mol. The van der Waals surface area contributed by atoms with E-state index in [1.807, 2.05) is 19.9 Å². The van der Waals surface area contributed by atoms with Gasteiger partial charge in [0.25, 0.3) is 0 Å². The molecule has 0 aliphatic heterocycles. The number of rotatable bonds is 2. The summed E-state index contributed by atoms with van der Waals surface area (Å²) >= 11 is 0. The topological polar surface area (TPSA) is 35.2 Å². The highest BCUT2D eigenvalue weighted by Crippen LogP contribution is 2.30. The van der Waals surface area contributed by atoms with Crippen LogP contribution in [-0.4, -0.2) is 12.1 Å². The van der Waals surface area contributed by atoms with Crippen LogP contribution < -0.4 is 10.5 Å². The maximum Gasteiger partial charge on any atom is 0.123 e. The van der Waals surface area contributed by atoms with Gasteiger partial charge in [-0.1, -0.05) is 12.1 Å². The van der Waals surface area contributed by atoms with Crippen LogP contribution in [0.4, 0.5) is 0 Å². The number of fused-ring (bicyclic) bond motifs is 1. The summed E-state index contributed by atoms with van der Waals surface area (Å²) in [4.78, 5) is 0. The van der Waals surface area contributed by atoms with E-state index in [2.05, 4.69) is 12.1 Å². The van der Waals surface area contributed by atoms with Gasteiger partial charge >= 0.3 is 0 Å². The van der Waals surface area contributed by atoms with Gasteiger partial charge in [0.15, 0.2) is 0 Å². The molecule has 0 bridgehead atoms. The maximum atomic E-state index is 5.93. The van der Waals surface area contributed by atoms with Gasteiger partial charge in [-0.15, -0.1) is 0 Å². The van der Waals surface area contributed by atoms with Gasteiger partial charge in [-0.2, -0.15) is 0 Å². The first-order valence-corrected chi connectivity index (χ1v) is 5.20. The third-order valence-electron chi connectivity index (χ3n) is 2.54. The molecule has 0 amide bonds. The van der Waals surface area contributed by atoms with Crippen LogP contribution in [0.5, 0.6) is 5.75 Å². The number of nitrogens with two attached hydrogens (primary N) is 1. The molecule has 0 fully saturated rings. The van der Waals surface area contributed by atoms with Gasteiger partial charge in [-0.05, 0) is 43.9 Å². The molecule has 2 rings (SSSR count). The molecule has 1 aromatic carbocycles. The third-order valence-corrected chi connectivity index (χ3v) is 2.54. The molecule has 0 spiro atoms. The van der Waals surface area contributed by atoms with Gasteiger partial charge in [0, 0.05) is 6.04 Å². The van der Waals surface area contributed by atoms with Crippen molar-refractivity contribution in [3.8, 4) is 5.75 Å². The maximum absolute atomic E-state index is 5.93. The monoisotopic (exact) mass is 191 g/mol. The normalized spacial score (nSPS) is 19.9. The Balaban J connectivity index is 2.30. The predicted molar refractivity (Wildman–Crippen MR) is 57.6 cm³/mol. The van der Waals surface area contributed by atoms with E-state index in [0.29, 0.717) is 0 Å². The van der Waals surface area contributed by atoms with Crippen LogP contribution in [0.2, 0.25) is 0 Å². The Bertz CT molecular complexity index is 333. The van der Waals surface area contributed by atoms with E-state index < -0.39 is 0 Å². The molecule has 1 unspecified atom stereocenters. The van der Waals surface area contributed by atoms with Crippen molar-refractivity contribution in [1.29, 1.82) is 0 Å². The zero-order valence-electron chi connectivity index (χ0n) is 8.79. The number of benzene rings is 1. The van der Waals surface area contributed by atoms with Gasteiger partial charge in [0.2, 0.25) is 0 Å². The molecule has 2 heteroatoms. The molecule has 1 atom stereocenters. The van der Waals surface area contributed by atoms with E-state index >= 15 is 0 Å². The molecular formula is C12H17NO. The van der Waals surface area contributed by atoms with Crippen LogP contribution in [0, 0.1) is 0 Å². The summed E-state index contributed by atoms with van der Waals surface area (Å²) in [7, 11) is 0. The SMILES string of the molecule is CC(C)Oc1cccc2c1CC(N)C2. The molecule has 1 aliphatic rings. The molecule has 0 saturated heterocycles. The van der Waals surface area contributed by atoms with Crippen LogP contribution in [0.25, 0.3) is 0 Å². The fourth-order valence-corrected chi connectivity index (χ4v) is 2.02. The lowest BCUT2D eigenvalue weighted by molar-refractivity contribution is 0.240. The summed E-state index contributed by atoms with van der Waals surface area (Å²) in [6.45, 7) is 4.10.